The summed E-state index contributed by atoms with van der Waals surface area (Å²) in [5.74, 6) is 0.601. The van der Waals surface area contributed by atoms with Crippen LogP contribution in [0.15, 0.2) is 12.4 Å². The van der Waals surface area contributed by atoms with Crippen molar-refractivity contribution >= 4 is 29.2 Å². The lowest BCUT2D eigenvalue weighted by Gasteiger charge is -2.22. The molecule has 0 bridgehead atoms. The minimum absolute atomic E-state index is 0.109. The van der Waals surface area contributed by atoms with E-state index in [-0.39, 0.29) is 12.5 Å². The number of nitro groups is 1. The SMILES string of the molecule is O=[N+]([O-])c1nccn1CC(O)CN(CCCl)CCCl. The first kappa shape index (κ1) is 16.2. The Bertz CT molecular complexity index is 396. The first-order chi connectivity index (χ1) is 9.08. The highest BCUT2D eigenvalue weighted by Gasteiger charge is 2.19. The summed E-state index contributed by atoms with van der Waals surface area (Å²) in [6.45, 7) is 1.68. The third kappa shape index (κ3) is 5.32. The first-order valence-electron chi connectivity index (χ1n) is 5.76. The van der Waals surface area contributed by atoms with Crippen LogP contribution < -0.4 is 0 Å². The van der Waals surface area contributed by atoms with Crippen LogP contribution in [0.25, 0.3) is 0 Å². The van der Waals surface area contributed by atoms with Crippen LogP contribution in [-0.2, 0) is 6.54 Å². The molecular weight excluding hydrogens is 295 g/mol. The highest BCUT2D eigenvalue weighted by Crippen LogP contribution is 2.09. The average Bonchev–Trinajstić information content (AvgIpc) is 2.77. The number of hydrogen-bond donors (Lipinski definition) is 1. The number of hydrogen-bond acceptors (Lipinski definition) is 5. The highest BCUT2D eigenvalue weighted by molar-refractivity contribution is 6.18. The van der Waals surface area contributed by atoms with Crippen molar-refractivity contribution in [2.75, 3.05) is 31.4 Å². The van der Waals surface area contributed by atoms with E-state index in [1.54, 1.807) is 0 Å². The van der Waals surface area contributed by atoms with E-state index in [1.165, 1.54) is 17.0 Å². The second-order valence-electron chi connectivity index (χ2n) is 3.97. The zero-order valence-corrected chi connectivity index (χ0v) is 11.8. The number of aromatic nitrogens is 2. The van der Waals surface area contributed by atoms with Gasteiger partial charge in [0.05, 0.1) is 12.6 Å². The molecule has 0 aliphatic carbocycles. The third-order valence-corrected chi connectivity index (χ3v) is 2.87. The summed E-state index contributed by atoms with van der Waals surface area (Å²) in [4.78, 5) is 15.6. The molecule has 1 unspecified atom stereocenters. The molecule has 1 heterocycles. The smallest absolute Gasteiger partial charge is 0.390 e. The van der Waals surface area contributed by atoms with Gasteiger partial charge in [0.2, 0.25) is 0 Å². The van der Waals surface area contributed by atoms with Crippen molar-refractivity contribution in [3.8, 4) is 0 Å². The van der Waals surface area contributed by atoms with E-state index in [4.69, 9.17) is 23.2 Å². The van der Waals surface area contributed by atoms with E-state index in [2.05, 4.69) is 4.98 Å². The van der Waals surface area contributed by atoms with Crippen LogP contribution in [0, 0.1) is 10.1 Å². The van der Waals surface area contributed by atoms with Crippen molar-refractivity contribution in [3.63, 3.8) is 0 Å². The number of halogens is 2. The molecule has 1 N–H and O–H groups in total. The van der Waals surface area contributed by atoms with Crippen molar-refractivity contribution < 1.29 is 10.0 Å². The minimum atomic E-state index is -0.751. The van der Waals surface area contributed by atoms with E-state index >= 15 is 0 Å². The molecule has 9 heteroatoms. The summed E-state index contributed by atoms with van der Waals surface area (Å²) in [5.41, 5.74) is 0. The van der Waals surface area contributed by atoms with Crippen LogP contribution in [0.4, 0.5) is 5.95 Å². The lowest BCUT2D eigenvalue weighted by Crippen LogP contribution is -2.37. The molecular formula is C10H16Cl2N4O3. The summed E-state index contributed by atoms with van der Waals surface area (Å²) in [6.07, 6.45) is 2.05. The van der Waals surface area contributed by atoms with Gasteiger partial charge in [0.25, 0.3) is 0 Å². The molecule has 1 aromatic heterocycles. The molecule has 0 fully saturated rings. The summed E-state index contributed by atoms with van der Waals surface area (Å²) >= 11 is 11.3. The van der Waals surface area contributed by atoms with E-state index < -0.39 is 11.0 Å². The number of aliphatic hydroxyl groups is 1. The van der Waals surface area contributed by atoms with Gasteiger partial charge < -0.3 is 15.2 Å². The van der Waals surface area contributed by atoms with Crippen LogP contribution in [0.1, 0.15) is 0 Å². The van der Waals surface area contributed by atoms with Gasteiger partial charge in [-0.2, -0.15) is 0 Å². The van der Waals surface area contributed by atoms with E-state index in [0.717, 1.165) is 0 Å². The second-order valence-corrected chi connectivity index (χ2v) is 4.73. The van der Waals surface area contributed by atoms with Gasteiger partial charge in [-0.15, -0.1) is 23.2 Å². The maximum Gasteiger partial charge on any atom is 0.434 e. The number of nitrogens with zero attached hydrogens (tertiary/aromatic N) is 4. The van der Waals surface area contributed by atoms with Crippen LogP contribution in [0.2, 0.25) is 0 Å². The summed E-state index contributed by atoms with van der Waals surface area (Å²) in [6, 6.07) is 0. The Morgan fingerprint density at radius 1 is 1.47 bits per heavy atom. The molecule has 0 aromatic carbocycles. The molecule has 1 aromatic rings. The maximum absolute atomic E-state index is 10.7. The zero-order valence-electron chi connectivity index (χ0n) is 10.3. The predicted molar refractivity (Wildman–Crippen MR) is 72.8 cm³/mol. The standard InChI is InChI=1S/C10H16Cl2N4O3/c11-1-4-14(5-2-12)7-9(17)8-15-6-3-13-10(15)16(18)19/h3,6,9,17H,1-2,4-5,7-8H2. The van der Waals surface area contributed by atoms with Gasteiger partial charge in [-0.1, -0.05) is 4.98 Å². The number of imidazole rings is 1. The van der Waals surface area contributed by atoms with Gasteiger partial charge >= 0.3 is 5.95 Å². The molecule has 7 nitrogen and oxygen atoms in total. The van der Waals surface area contributed by atoms with E-state index in [0.29, 0.717) is 31.4 Å². The Labute approximate surface area is 120 Å². The summed E-state index contributed by atoms with van der Waals surface area (Å²) in [5, 5.41) is 20.6. The molecule has 0 radical (unpaired) electrons. The Balaban J connectivity index is 2.55. The quantitative estimate of drug-likeness (QED) is 0.417. The lowest BCUT2D eigenvalue weighted by molar-refractivity contribution is -0.397. The zero-order chi connectivity index (χ0) is 14.3. The molecule has 1 atom stereocenters. The highest BCUT2D eigenvalue weighted by atomic mass is 35.5. The Morgan fingerprint density at radius 2 is 2.11 bits per heavy atom. The largest absolute Gasteiger partial charge is 0.434 e. The topological polar surface area (TPSA) is 84.4 Å². The van der Waals surface area contributed by atoms with E-state index in [9.17, 15) is 15.2 Å². The second kappa shape index (κ2) is 8.31. The van der Waals surface area contributed by atoms with Crippen molar-refractivity contribution in [2.24, 2.45) is 0 Å². The molecule has 0 saturated heterocycles. The van der Waals surface area contributed by atoms with Crippen molar-refractivity contribution in [3.05, 3.63) is 22.5 Å². The number of alkyl halides is 2. The minimum Gasteiger partial charge on any atom is -0.390 e. The Morgan fingerprint density at radius 3 is 2.63 bits per heavy atom. The monoisotopic (exact) mass is 310 g/mol. The summed E-state index contributed by atoms with van der Waals surface area (Å²) < 4.78 is 1.31. The van der Waals surface area contributed by atoms with Gasteiger partial charge in [-0.05, 0) is 4.92 Å². The lowest BCUT2D eigenvalue weighted by atomic mass is 10.3. The van der Waals surface area contributed by atoms with Crippen molar-refractivity contribution in [1.82, 2.24) is 14.5 Å². The summed E-state index contributed by atoms with van der Waals surface area (Å²) in [7, 11) is 0. The van der Waals surface area contributed by atoms with Gasteiger partial charge in [0.1, 0.15) is 12.4 Å². The van der Waals surface area contributed by atoms with Crippen LogP contribution in [0.5, 0.6) is 0 Å². The molecule has 1 rings (SSSR count). The fourth-order valence-electron chi connectivity index (χ4n) is 1.73. The molecule has 0 aliphatic rings. The Kier molecular flexibility index (Phi) is 7.07. The molecule has 108 valence electrons. The van der Waals surface area contributed by atoms with Gasteiger partial charge in [-0.3, -0.25) is 4.90 Å². The van der Waals surface area contributed by atoms with Gasteiger partial charge in [0.15, 0.2) is 0 Å². The predicted octanol–water partition coefficient (Wildman–Crippen LogP) is 0.932. The maximum atomic E-state index is 10.7. The number of aliphatic hydroxyl groups excluding tert-OH is 1. The molecule has 19 heavy (non-hydrogen) atoms. The average molecular weight is 311 g/mol. The molecule has 0 saturated carbocycles. The van der Waals surface area contributed by atoms with Crippen LogP contribution in [0.3, 0.4) is 0 Å². The normalized spacial score (nSPS) is 12.8. The first-order valence-corrected chi connectivity index (χ1v) is 6.83. The molecule has 0 aliphatic heterocycles. The Hall–Kier alpha value is -0.890. The van der Waals surface area contributed by atoms with Gasteiger partial charge in [-0.25, -0.2) is 4.57 Å². The van der Waals surface area contributed by atoms with Crippen LogP contribution >= 0.6 is 23.2 Å². The molecule has 0 amide bonds. The van der Waals surface area contributed by atoms with Crippen molar-refractivity contribution in [2.45, 2.75) is 12.6 Å². The fourth-order valence-corrected chi connectivity index (χ4v) is 2.21. The van der Waals surface area contributed by atoms with E-state index in [1.807, 2.05) is 4.90 Å². The third-order valence-electron chi connectivity index (χ3n) is 2.53. The fraction of sp³-hybridized carbons (Fsp3) is 0.700. The molecule has 0 spiro atoms. The van der Waals surface area contributed by atoms with Gasteiger partial charge in [0, 0.05) is 31.4 Å². The number of rotatable bonds is 9. The van der Waals surface area contributed by atoms with Crippen molar-refractivity contribution in [1.29, 1.82) is 0 Å². The van der Waals surface area contributed by atoms with Crippen LogP contribution in [-0.4, -0.2) is 62.0 Å².